The Morgan fingerprint density at radius 1 is 1.32 bits per heavy atom. The highest BCUT2D eigenvalue weighted by molar-refractivity contribution is 5.90. The fourth-order valence-corrected chi connectivity index (χ4v) is 4.23. The second kappa shape index (κ2) is 7.55. The maximum absolute atomic E-state index is 14.1. The molecule has 0 saturated heterocycles. The van der Waals surface area contributed by atoms with Gasteiger partial charge >= 0.3 is 6.09 Å². The summed E-state index contributed by atoms with van der Waals surface area (Å²) in [4.78, 5) is 27.4. The van der Waals surface area contributed by atoms with Gasteiger partial charge in [0.05, 0.1) is 18.2 Å². The van der Waals surface area contributed by atoms with Crippen LogP contribution in [-0.2, 0) is 17.7 Å². The van der Waals surface area contributed by atoms with Crippen molar-refractivity contribution in [1.29, 1.82) is 0 Å². The quantitative estimate of drug-likeness (QED) is 0.720. The van der Waals surface area contributed by atoms with Gasteiger partial charge in [0.2, 0.25) is 0 Å². The molecular formula is C22H28FN5O3. The van der Waals surface area contributed by atoms with Crippen molar-refractivity contribution < 1.29 is 18.7 Å². The number of nitrogens with zero attached hydrogens (tertiary/aromatic N) is 3. The lowest BCUT2D eigenvalue weighted by molar-refractivity contribution is 0.0224. The van der Waals surface area contributed by atoms with Crippen molar-refractivity contribution in [3.8, 4) is 0 Å². The third kappa shape index (κ3) is 3.96. The maximum atomic E-state index is 14.1. The zero-order chi connectivity index (χ0) is 22.5. The average molecular weight is 429 g/mol. The molecule has 1 aromatic carbocycles. The Labute approximate surface area is 180 Å². The monoisotopic (exact) mass is 429 g/mol. The molecule has 0 bridgehead atoms. The highest BCUT2D eigenvalue weighted by Gasteiger charge is 2.34. The molecule has 0 fully saturated rings. The average Bonchev–Trinajstić information content (AvgIpc) is 3.02. The van der Waals surface area contributed by atoms with E-state index in [1.807, 2.05) is 27.7 Å². The Kier molecular flexibility index (Phi) is 5.15. The SMILES string of the molecule is Cc1cc(F)cc2c1NCC[C@H]2C(=O)n1nc2c(c1N)CN(C(=O)OC(C)(C)C)CC2. The zero-order valence-corrected chi connectivity index (χ0v) is 18.3. The van der Waals surface area contributed by atoms with Gasteiger partial charge in [0.15, 0.2) is 0 Å². The molecule has 0 saturated carbocycles. The molecule has 8 nitrogen and oxygen atoms in total. The van der Waals surface area contributed by atoms with Crippen LogP contribution in [0.3, 0.4) is 0 Å². The Bertz CT molecular complexity index is 1060. The first-order chi connectivity index (χ1) is 14.5. The fraction of sp³-hybridized carbons (Fsp3) is 0.500. The van der Waals surface area contributed by atoms with E-state index in [2.05, 4.69) is 10.4 Å². The summed E-state index contributed by atoms with van der Waals surface area (Å²) in [5.74, 6) is -0.986. The van der Waals surface area contributed by atoms with Crippen molar-refractivity contribution in [3.05, 3.63) is 40.3 Å². The number of fused-ring (bicyclic) bond motifs is 2. The van der Waals surface area contributed by atoms with Gasteiger partial charge in [-0.25, -0.2) is 9.18 Å². The zero-order valence-electron chi connectivity index (χ0n) is 18.3. The molecule has 4 rings (SSSR count). The van der Waals surface area contributed by atoms with Gasteiger partial charge in [-0.05, 0) is 57.4 Å². The third-order valence-corrected chi connectivity index (χ3v) is 5.67. The molecular weight excluding hydrogens is 401 g/mol. The molecule has 3 N–H and O–H groups in total. The number of carbonyl (C=O) groups is 2. The molecule has 9 heteroatoms. The number of rotatable bonds is 1. The Hall–Kier alpha value is -3.10. The van der Waals surface area contributed by atoms with E-state index >= 15 is 0 Å². The number of nitrogen functional groups attached to an aromatic ring is 1. The summed E-state index contributed by atoms with van der Waals surface area (Å²) in [6.45, 7) is 8.52. The number of aryl methyl sites for hydroxylation is 1. The summed E-state index contributed by atoms with van der Waals surface area (Å²) in [5, 5.41) is 7.72. The first-order valence-electron chi connectivity index (χ1n) is 10.5. The number of hydrogen-bond donors (Lipinski definition) is 2. The van der Waals surface area contributed by atoms with Crippen LogP contribution in [0.15, 0.2) is 12.1 Å². The summed E-state index contributed by atoms with van der Waals surface area (Å²) >= 11 is 0. The molecule has 0 aliphatic carbocycles. The van der Waals surface area contributed by atoms with E-state index in [9.17, 15) is 14.0 Å². The van der Waals surface area contributed by atoms with Crippen molar-refractivity contribution in [2.45, 2.75) is 58.6 Å². The van der Waals surface area contributed by atoms with Gasteiger partial charge < -0.3 is 20.7 Å². The van der Waals surface area contributed by atoms with Crippen molar-refractivity contribution in [1.82, 2.24) is 14.7 Å². The number of nitrogens with two attached hydrogens (primary N) is 1. The Balaban J connectivity index is 1.61. The van der Waals surface area contributed by atoms with Crippen LogP contribution in [0.25, 0.3) is 0 Å². The van der Waals surface area contributed by atoms with E-state index in [1.54, 1.807) is 4.90 Å². The minimum Gasteiger partial charge on any atom is -0.444 e. The number of ether oxygens (including phenoxy) is 1. The van der Waals surface area contributed by atoms with Gasteiger partial charge in [0.1, 0.15) is 17.2 Å². The lowest BCUT2D eigenvalue weighted by Gasteiger charge is -2.29. The predicted octanol–water partition coefficient (Wildman–Crippen LogP) is 3.45. The lowest BCUT2D eigenvalue weighted by atomic mass is 9.88. The molecule has 1 amide bonds. The second-order valence-electron chi connectivity index (χ2n) is 9.17. The molecule has 3 heterocycles. The van der Waals surface area contributed by atoms with E-state index in [4.69, 9.17) is 10.5 Å². The van der Waals surface area contributed by atoms with Crippen LogP contribution in [0, 0.1) is 12.7 Å². The first-order valence-corrected chi connectivity index (χ1v) is 10.5. The number of halogens is 1. The molecule has 2 aromatic rings. The number of anilines is 2. The van der Waals surface area contributed by atoms with E-state index in [-0.39, 0.29) is 24.1 Å². The second-order valence-corrected chi connectivity index (χ2v) is 9.17. The molecule has 2 aliphatic heterocycles. The van der Waals surface area contributed by atoms with Crippen molar-refractivity contribution in [2.75, 3.05) is 24.1 Å². The van der Waals surface area contributed by atoms with Gasteiger partial charge in [-0.2, -0.15) is 9.78 Å². The summed E-state index contributed by atoms with van der Waals surface area (Å²) in [7, 11) is 0. The van der Waals surface area contributed by atoms with E-state index in [0.29, 0.717) is 42.8 Å². The Morgan fingerprint density at radius 2 is 2.06 bits per heavy atom. The molecule has 1 atom stereocenters. The normalized spacial score (nSPS) is 18.1. The van der Waals surface area contributed by atoms with Crippen LogP contribution in [-0.4, -0.2) is 45.4 Å². The van der Waals surface area contributed by atoms with E-state index in [1.165, 1.54) is 16.8 Å². The fourth-order valence-electron chi connectivity index (χ4n) is 4.23. The smallest absolute Gasteiger partial charge is 0.410 e. The third-order valence-electron chi connectivity index (χ3n) is 5.67. The van der Waals surface area contributed by atoms with Gasteiger partial charge in [0, 0.05) is 30.8 Å². The van der Waals surface area contributed by atoms with Crippen LogP contribution >= 0.6 is 0 Å². The highest BCUT2D eigenvalue weighted by Crippen LogP contribution is 2.37. The number of aromatic nitrogens is 2. The number of nitrogens with one attached hydrogen (secondary N) is 1. The van der Waals surface area contributed by atoms with Crippen molar-refractivity contribution in [3.63, 3.8) is 0 Å². The van der Waals surface area contributed by atoms with Crippen LogP contribution in [0.2, 0.25) is 0 Å². The van der Waals surface area contributed by atoms with Crippen LogP contribution in [0.1, 0.15) is 60.3 Å². The molecule has 1 aromatic heterocycles. The Morgan fingerprint density at radius 3 is 2.77 bits per heavy atom. The summed E-state index contributed by atoms with van der Waals surface area (Å²) in [6.07, 6.45) is 0.577. The molecule has 0 radical (unpaired) electrons. The van der Waals surface area contributed by atoms with E-state index in [0.717, 1.165) is 11.3 Å². The number of amides is 1. The number of benzene rings is 1. The largest absolute Gasteiger partial charge is 0.444 e. The summed E-state index contributed by atoms with van der Waals surface area (Å²) < 4.78 is 20.7. The lowest BCUT2D eigenvalue weighted by Crippen LogP contribution is -2.39. The number of carbonyl (C=O) groups excluding carboxylic acids is 2. The van der Waals surface area contributed by atoms with Crippen molar-refractivity contribution >= 4 is 23.5 Å². The van der Waals surface area contributed by atoms with Crippen LogP contribution in [0.4, 0.5) is 20.7 Å². The molecule has 31 heavy (non-hydrogen) atoms. The van der Waals surface area contributed by atoms with Crippen LogP contribution < -0.4 is 11.1 Å². The number of hydrogen-bond acceptors (Lipinski definition) is 6. The van der Waals surface area contributed by atoms with Gasteiger partial charge in [-0.3, -0.25) is 4.79 Å². The molecule has 0 spiro atoms. The molecule has 2 aliphatic rings. The van der Waals surface area contributed by atoms with Gasteiger partial charge in [-0.15, -0.1) is 0 Å². The van der Waals surface area contributed by atoms with Gasteiger partial charge in [0.25, 0.3) is 5.91 Å². The summed E-state index contributed by atoms with van der Waals surface area (Å²) in [6, 6.07) is 2.85. The minimum atomic E-state index is -0.598. The topological polar surface area (TPSA) is 102 Å². The maximum Gasteiger partial charge on any atom is 0.410 e. The first kappa shape index (κ1) is 21.1. The minimum absolute atomic E-state index is 0.224. The molecule has 166 valence electrons. The summed E-state index contributed by atoms with van der Waals surface area (Å²) in [5.41, 5.74) is 9.25. The van der Waals surface area contributed by atoms with Crippen molar-refractivity contribution in [2.24, 2.45) is 0 Å². The predicted molar refractivity (Wildman–Crippen MR) is 115 cm³/mol. The highest BCUT2D eigenvalue weighted by atomic mass is 19.1. The van der Waals surface area contributed by atoms with E-state index < -0.39 is 17.6 Å². The molecule has 0 unspecified atom stereocenters. The van der Waals surface area contributed by atoms with Gasteiger partial charge in [-0.1, -0.05) is 0 Å². The van der Waals surface area contributed by atoms with Crippen LogP contribution in [0.5, 0.6) is 0 Å². The standard InChI is InChI=1S/C22H28FN5O3/c1-12-9-13(23)10-15-14(5-7-25-18(12)15)20(29)28-19(24)16-11-27(8-6-17(16)26-28)21(30)31-22(2,3)4/h9-10,14,25H,5-8,11,24H2,1-4H3/t14-/m1/s1.